The first kappa shape index (κ1) is 21.0. The van der Waals surface area contributed by atoms with Crippen LogP contribution in [0.25, 0.3) is 16.9 Å². The van der Waals surface area contributed by atoms with Crippen molar-refractivity contribution in [2.75, 3.05) is 0 Å². The molecular formula is C23H16Br2N4O2. The Morgan fingerprint density at radius 3 is 2.42 bits per heavy atom. The van der Waals surface area contributed by atoms with Crippen LogP contribution in [0.4, 0.5) is 0 Å². The molecule has 0 radical (unpaired) electrons. The fourth-order valence-electron chi connectivity index (χ4n) is 2.97. The molecule has 0 spiro atoms. The Balaban J connectivity index is 1.65. The molecule has 4 aromatic rings. The second-order valence-electron chi connectivity index (χ2n) is 6.56. The Kier molecular flexibility index (Phi) is 6.29. The summed E-state index contributed by atoms with van der Waals surface area (Å²) in [4.78, 5) is 12.9. The molecule has 154 valence electrons. The van der Waals surface area contributed by atoms with Crippen molar-refractivity contribution in [3.05, 3.63) is 99.1 Å². The van der Waals surface area contributed by atoms with Gasteiger partial charge in [0, 0.05) is 21.8 Å². The van der Waals surface area contributed by atoms with Gasteiger partial charge in [0.1, 0.15) is 11.4 Å². The Morgan fingerprint density at radius 2 is 1.71 bits per heavy atom. The van der Waals surface area contributed by atoms with Gasteiger partial charge in [-0.1, -0.05) is 64.5 Å². The molecule has 1 amide bonds. The number of phenols is 1. The van der Waals surface area contributed by atoms with Crippen LogP contribution in [0.2, 0.25) is 0 Å². The molecule has 0 bridgehead atoms. The van der Waals surface area contributed by atoms with E-state index < -0.39 is 5.91 Å². The second-order valence-corrected chi connectivity index (χ2v) is 8.33. The van der Waals surface area contributed by atoms with Crippen LogP contribution in [0, 0.1) is 0 Å². The van der Waals surface area contributed by atoms with Crippen molar-refractivity contribution in [3.8, 4) is 22.7 Å². The van der Waals surface area contributed by atoms with E-state index in [4.69, 9.17) is 0 Å². The van der Waals surface area contributed by atoms with Crippen molar-refractivity contribution in [1.29, 1.82) is 0 Å². The molecule has 0 unspecified atom stereocenters. The highest BCUT2D eigenvalue weighted by Crippen LogP contribution is 2.30. The zero-order valence-electron chi connectivity index (χ0n) is 16.0. The summed E-state index contributed by atoms with van der Waals surface area (Å²) in [5, 5.41) is 18.8. The number of nitrogens with zero attached hydrogens (tertiary/aromatic N) is 3. The summed E-state index contributed by atoms with van der Waals surface area (Å²) in [5.41, 5.74) is 5.56. The van der Waals surface area contributed by atoms with E-state index in [0.717, 1.165) is 15.7 Å². The molecule has 31 heavy (non-hydrogen) atoms. The largest absolute Gasteiger partial charge is 0.506 e. The molecular weight excluding hydrogens is 524 g/mol. The number of aromatic nitrogens is 2. The van der Waals surface area contributed by atoms with Crippen molar-refractivity contribution in [2.24, 2.45) is 5.10 Å². The van der Waals surface area contributed by atoms with Gasteiger partial charge in [0.2, 0.25) is 0 Å². The molecule has 1 aromatic heterocycles. The van der Waals surface area contributed by atoms with E-state index >= 15 is 0 Å². The normalized spacial score (nSPS) is 11.0. The summed E-state index contributed by atoms with van der Waals surface area (Å²) < 4.78 is 2.95. The Labute approximate surface area is 195 Å². The molecule has 1 heterocycles. The van der Waals surface area contributed by atoms with Gasteiger partial charge in [-0.2, -0.15) is 10.2 Å². The lowest BCUT2D eigenvalue weighted by Gasteiger charge is -2.03. The van der Waals surface area contributed by atoms with Crippen molar-refractivity contribution < 1.29 is 9.90 Å². The zero-order chi connectivity index (χ0) is 21.8. The van der Waals surface area contributed by atoms with Gasteiger partial charge in [-0.3, -0.25) is 4.79 Å². The highest BCUT2D eigenvalue weighted by Gasteiger charge is 2.18. The van der Waals surface area contributed by atoms with Crippen molar-refractivity contribution in [1.82, 2.24) is 15.2 Å². The van der Waals surface area contributed by atoms with Gasteiger partial charge in [-0.25, -0.2) is 10.1 Å². The van der Waals surface area contributed by atoms with Gasteiger partial charge in [0.05, 0.1) is 21.9 Å². The van der Waals surface area contributed by atoms with E-state index in [1.54, 1.807) is 23.0 Å². The number of carbonyl (C=O) groups excluding carboxylic acids is 1. The number of rotatable bonds is 5. The minimum atomic E-state index is -0.411. The minimum absolute atomic E-state index is 0.0306. The third-order valence-corrected chi connectivity index (χ3v) is 5.52. The molecule has 3 aromatic carbocycles. The van der Waals surface area contributed by atoms with Crippen LogP contribution in [-0.4, -0.2) is 27.0 Å². The molecule has 4 rings (SSSR count). The van der Waals surface area contributed by atoms with Crippen molar-refractivity contribution in [2.45, 2.75) is 0 Å². The predicted molar refractivity (Wildman–Crippen MR) is 128 cm³/mol. The van der Waals surface area contributed by atoms with Gasteiger partial charge in [0.25, 0.3) is 5.91 Å². The number of nitrogens with one attached hydrogen (secondary N) is 1. The molecule has 0 fully saturated rings. The number of aromatic hydroxyl groups is 1. The van der Waals surface area contributed by atoms with Crippen LogP contribution < -0.4 is 5.43 Å². The predicted octanol–water partition coefficient (Wildman–Crippen LogP) is 5.53. The summed E-state index contributed by atoms with van der Waals surface area (Å²) >= 11 is 6.64. The number of benzene rings is 3. The van der Waals surface area contributed by atoms with Gasteiger partial charge in [-0.15, -0.1) is 0 Å². The number of hydrogen-bond donors (Lipinski definition) is 2. The Bertz CT molecular complexity index is 1260. The van der Waals surface area contributed by atoms with E-state index in [1.807, 2.05) is 60.7 Å². The quantitative estimate of drug-likeness (QED) is 0.258. The standard InChI is InChI=1S/C23H16Br2N4O2/c24-17-11-16(22(30)20(25)12-17)13-26-27-23(31)19-14-29(18-9-5-2-6-10-18)28-21(19)15-7-3-1-4-8-15/h1-14,30H,(H,27,31)/b26-13+. The molecule has 0 saturated carbocycles. The van der Waals surface area contributed by atoms with E-state index in [0.29, 0.717) is 21.3 Å². The lowest BCUT2D eigenvalue weighted by Crippen LogP contribution is -2.18. The second kappa shape index (κ2) is 9.28. The zero-order valence-corrected chi connectivity index (χ0v) is 19.2. The Morgan fingerprint density at radius 1 is 1.03 bits per heavy atom. The topological polar surface area (TPSA) is 79.5 Å². The highest BCUT2D eigenvalue weighted by atomic mass is 79.9. The monoisotopic (exact) mass is 538 g/mol. The highest BCUT2D eigenvalue weighted by molar-refractivity contribution is 9.11. The first-order chi connectivity index (χ1) is 15.0. The lowest BCUT2D eigenvalue weighted by molar-refractivity contribution is 0.0955. The SMILES string of the molecule is O=C(N/N=C/c1cc(Br)cc(Br)c1O)c1cn(-c2ccccc2)nc1-c1ccccc1. The number of phenolic OH excluding ortho intramolecular Hbond substituents is 1. The minimum Gasteiger partial charge on any atom is -0.506 e. The molecule has 0 atom stereocenters. The van der Waals surface area contributed by atoms with Crippen LogP contribution in [0.1, 0.15) is 15.9 Å². The van der Waals surface area contributed by atoms with Gasteiger partial charge >= 0.3 is 0 Å². The van der Waals surface area contributed by atoms with Crippen LogP contribution in [0.5, 0.6) is 5.75 Å². The van der Waals surface area contributed by atoms with E-state index in [2.05, 4.69) is 47.5 Å². The maximum Gasteiger partial charge on any atom is 0.275 e. The summed E-state index contributed by atoms with van der Waals surface area (Å²) in [6.45, 7) is 0. The molecule has 2 N–H and O–H groups in total. The Hall–Kier alpha value is -3.23. The number of carbonyl (C=O) groups is 1. The van der Waals surface area contributed by atoms with Gasteiger partial charge in [0.15, 0.2) is 0 Å². The van der Waals surface area contributed by atoms with Crippen molar-refractivity contribution >= 4 is 44.0 Å². The molecule has 0 aliphatic rings. The van der Waals surface area contributed by atoms with E-state index in [1.165, 1.54) is 6.21 Å². The van der Waals surface area contributed by atoms with E-state index in [-0.39, 0.29) is 5.75 Å². The number of amides is 1. The molecule has 8 heteroatoms. The van der Waals surface area contributed by atoms with Crippen molar-refractivity contribution in [3.63, 3.8) is 0 Å². The number of halogens is 2. The van der Waals surface area contributed by atoms with Crippen LogP contribution in [-0.2, 0) is 0 Å². The fourth-order valence-corrected chi connectivity index (χ4v) is 4.23. The van der Waals surface area contributed by atoms with Crippen LogP contribution in [0.3, 0.4) is 0 Å². The molecule has 0 aliphatic heterocycles. The van der Waals surface area contributed by atoms with Crippen LogP contribution in [0.15, 0.2) is 93.0 Å². The summed E-state index contributed by atoms with van der Waals surface area (Å²) in [6, 6.07) is 22.5. The molecule has 0 saturated heterocycles. The van der Waals surface area contributed by atoms with Gasteiger partial charge < -0.3 is 5.11 Å². The van der Waals surface area contributed by atoms with E-state index in [9.17, 15) is 9.90 Å². The van der Waals surface area contributed by atoms with Gasteiger partial charge in [-0.05, 0) is 40.2 Å². The molecule has 6 nitrogen and oxygen atoms in total. The maximum atomic E-state index is 12.9. The number of hydrazone groups is 1. The first-order valence-corrected chi connectivity index (χ1v) is 10.8. The average molecular weight is 540 g/mol. The third kappa shape index (κ3) is 4.76. The summed E-state index contributed by atoms with van der Waals surface area (Å²) in [5.74, 6) is -0.381. The summed E-state index contributed by atoms with van der Waals surface area (Å²) in [7, 11) is 0. The fraction of sp³-hybridized carbons (Fsp3) is 0. The average Bonchev–Trinajstić information content (AvgIpc) is 3.24. The first-order valence-electron chi connectivity index (χ1n) is 9.25. The van der Waals surface area contributed by atoms with Crippen LogP contribution >= 0.6 is 31.9 Å². The molecule has 0 aliphatic carbocycles. The number of para-hydroxylation sites is 1. The number of hydrogen-bond acceptors (Lipinski definition) is 4. The third-order valence-electron chi connectivity index (χ3n) is 4.45. The maximum absolute atomic E-state index is 12.9. The summed E-state index contributed by atoms with van der Waals surface area (Å²) in [6.07, 6.45) is 3.06. The lowest BCUT2D eigenvalue weighted by atomic mass is 10.1. The smallest absolute Gasteiger partial charge is 0.275 e.